The van der Waals surface area contributed by atoms with Crippen LogP contribution in [-0.2, 0) is 41.5 Å². The van der Waals surface area contributed by atoms with Gasteiger partial charge in [-0.25, -0.2) is 0 Å². The van der Waals surface area contributed by atoms with E-state index in [2.05, 4.69) is 10.6 Å². The van der Waals surface area contributed by atoms with E-state index in [1.807, 2.05) is 60.7 Å². The molecule has 9 heteroatoms. The molecular weight excluding hydrogens is 548 g/mol. The van der Waals surface area contributed by atoms with Crippen molar-refractivity contribution in [3.8, 4) is 0 Å². The van der Waals surface area contributed by atoms with Crippen LogP contribution in [0.15, 0.2) is 72.8 Å². The molecule has 2 aromatic rings. The zero-order chi connectivity index (χ0) is 31.2. The molecule has 0 aliphatic carbocycles. The summed E-state index contributed by atoms with van der Waals surface area (Å²) >= 11 is 0. The highest BCUT2D eigenvalue weighted by atomic mass is 16.6. The summed E-state index contributed by atoms with van der Waals surface area (Å²) in [4.78, 5) is 52.1. The van der Waals surface area contributed by atoms with Gasteiger partial charge in [-0.05, 0) is 57.6 Å². The van der Waals surface area contributed by atoms with Gasteiger partial charge in [-0.1, -0.05) is 72.8 Å². The van der Waals surface area contributed by atoms with E-state index in [0.717, 1.165) is 11.1 Å². The van der Waals surface area contributed by atoms with E-state index in [1.165, 1.54) is 0 Å². The fourth-order valence-electron chi connectivity index (χ4n) is 4.89. The van der Waals surface area contributed by atoms with Crippen LogP contribution in [0.25, 0.3) is 0 Å². The summed E-state index contributed by atoms with van der Waals surface area (Å²) in [5.74, 6) is -3.13. The lowest BCUT2D eigenvalue weighted by Gasteiger charge is -2.25. The highest BCUT2D eigenvalue weighted by Gasteiger charge is 2.29. The van der Waals surface area contributed by atoms with Crippen LogP contribution in [0.2, 0.25) is 0 Å². The van der Waals surface area contributed by atoms with Gasteiger partial charge in [-0.3, -0.25) is 19.2 Å². The number of rotatable bonds is 10. The Morgan fingerprint density at radius 2 is 1.56 bits per heavy atom. The SMILES string of the molecule is CC(C)(C)OC(=O)C[C@H]1C/C=C\C[C@H](CC(=O)N[C@H](CO)Cc2ccccc2)C(=O)N[C@@H](Cc2ccccc2)COC1=O. The number of nitrogens with one attached hydrogen (secondary N) is 2. The highest BCUT2D eigenvalue weighted by Crippen LogP contribution is 2.20. The molecule has 2 aromatic carbocycles. The molecule has 3 rings (SSSR count). The summed E-state index contributed by atoms with van der Waals surface area (Å²) in [6.07, 6.45) is 4.64. The Balaban J connectivity index is 1.75. The first kappa shape index (κ1) is 33.5. The Labute approximate surface area is 254 Å². The van der Waals surface area contributed by atoms with Crippen LogP contribution in [0.1, 0.15) is 57.6 Å². The number of aliphatic hydroxyl groups is 1. The van der Waals surface area contributed by atoms with Gasteiger partial charge in [0, 0.05) is 6.42 Å². The van der Waals surface area contributed by atoms with Gasteiger partial charge in [0.15, 0.2) is 0 Å². The van der Waals surface area contributed by atoms with Crippen molar-refractivity contribution in [3.05, 3.63) is 83.9 Å². The fourth-order valence-corrected chi connectivity index (χ4v) is 4.89. The van der Waals surface area contributed by atoms with Crippen LogP contribution >= 0.6 is 0 Å². The third-order valence-electron chi connectivity index (χ3n) is 6.99. The Morgan fingerprint density at radius 3 is 2.16 bits per heavy atom. The van der Waals surface area contributed by atoms with E-state index in [0.29, 0.717) is 12.8 Å². The maximum atomic E-state index is 13.5. The van der Waals surface area contributed by atoms with Crippen LogP contribution < -0.4 is 10.6 Å². The van der Waals surface area contributed by atoms with Crippen LogP contribution in [0.3, 0.4) is 0 Å². The van der Waals surface area contributed by atoms with Gasteiger partial charge < -0.3 is 25.2 Å². The average molecular weight is 593 g/mol. The van der Waals surface area contributed by atoms with E-state index in [-0.39, 0.29) is 50.7 Å². The van der Waals surface area contributed by atoms with Gasteiger partial charge in [0.05, 0.1) is 36.9 Å². The Morgan fingerprint density at radius 1 is 0.953 bits per heavy atom. The zero-order valence-electron chi connectivity index (χ0n) is 25.3. The van der Waals surface area contributed by atoms with E-state index in [4.69, 9.17) is 9.47 Å². The molecule has 2 amide bonds. The molecule has 0 saturated heterocycles. The average Bonchev–Trinajstić information content (AvgIpc) is 2.95. The van der Waals surface area contributed by atoms with E-state index >= 15 is 0 Å². The molecule has 0 unspecified atom stereocenters. The van der Waals surface area contributed by atoms with Crippen LogP contribution in [0.5, 0.6) is 0 Å². The first-order valence-electron chi connectivity index (χ1n) is 14.8. The number of aliphatic hydroxyl groups excluding tert-OH is 1. The third-order valence-corrected chi connectivity index (χ3v) is 6.99. The second kappa shape index (κ2) is 16.6. The number of amides is 2. The Hall–Kier alpha value is -3.98. The molecule has 232 valence electrons. The molecule has 4 atom stereocenters. The van der Waals surface area contributed by atoms with Crippen molar-refractivity contribution in [2.24, 2.45) is 11.8 Å². The second-order valence-electron chi connectivity index (χ2n) is 12.0. The first-order chi connectivity index (χ1) is 20.5. The number of carbonyl (C=O) groups excluding carboxylic acids is 4. The lowest BCUT2D eigenvalue weighted by Crippen LogP contribution is -2.46. The predicted octanol–water partition coefficient (Wildman–Crippen LogP) is 3.68. The number of ether oxygens (including phenoxy) is 2. The molecule has 0 spiro atoms. The van der Waals surface area contributed by atoms with Gasteiger partial charge in [-0.15, -0.1) is 0 Å². The molecule has 0 fully saturated rings. The number of hydrogen-bond acceptors (Lipinski definition) is 7. The minimum atomic E-state index is -0.747. The summed E-state index contributed by atoms with van der Waals surface area (Å²) in [6, 6.07) is 18.0. The van der Waals surface area contributed by atoms with E-state index in [9.17, 15) is 24.3 Å². The molecular formula is C34H44N2O7. The molecule has 0 radical (unpaired) electrons. The maximum absolute atomic E-state index is 13.5. The topological polar surface area (TPSA) is 131 Å². The number of hydrogen-bond donors (Lipinski definition) is 3. The minimum absolute atomic E-state index is 0.0827. The number of esters is 2. The molecule has 9 nitrogen and oxygen atoms in total. The summed E-state index contributed by atoms with van der Waals surface area (Å²) in [7, 11) is 0. The van der Waals surface area contributed by atoms with Gasteiger partial charge in [0.1, 0.15) is 12.2 Å². The van der Waals surface area contributed by atoms with Crippen LogP contribution in [-0.4, -0.2) is 59.8 Å². The van der Waals surface area contributed by atoms with Crippen molar-refractivity contribution in [3.63, 3.8) is 0 Å². The second-order valence-corrected chi connectivity index (χ2v) is 12.0. The normalized spacial score (nSPS) is 21.3. The third kappa shape index (κ3) is 12.4. The van der Waals surface area contributed by atoms with Gasteiger partial charge in [0.25, 0.3) is 0 Å². The number of allylic oxidation sites excluding steroid dienone is 2. The Bertz CT molecular complexity index is 1220. The van der Waals surface area contributed by atoms with Crippen molar-refractivity contribution < 1.29 is 33.8 Å². The summed E-state index contributed by atoms with van der Waals surface area (Å²) in [5, 5.41) is 15.7. The van der Waals surface area contributed by atoms with Gasteiger partial charge in [-0.2, -0.15) is 0 Å². The standard InChI is InChI=1S/C34H44N2O7/c1-34(2,3)43-31(39)21-27-17-11-10-16-26(20-30(38)35-28(22-37)18-24-12-6-4-7-13-24)32(40)36-29(23-42-33(27)41)19-25-14-8-5-9-15-25/h4-15,26-29,37H,16-23H2,1-3H3,(H,35,38)(H,36,40)/b11-10-/t26-,27-,28+,29+/m1/s1. The molecule has 1 heterocycles. The summed E-state index contributed by atoms with van der Waals surface area (Å²) in [6.45, 7) is 4.97. The van der Waals surface area contributed by atoms with Gasteiger partial charge >= 0.3 is 11.9 Å². The molecule has 1 aliphatic rings. The van der Waals surface area contributed by atoms with E-state index in [1.54, 1.807) is 32.9 Å². The van der Waals surface area contributed by atoms with Crippen molar-refractivity contribution in [1.82, 2.24) is 10.6 Å². The molecule has 0 saturated carbocycles. The molecule has 0 aromatic heterocycles. The fraction of sp³-hybridized carbons (Fsp3) is 0.471. The number of carbonyl (C=O) groups is 4. The van der Waals surface area contributed by atoms with Gasteiger partial charge in [0.2, 0.25) is 11.8 Å². The maximum Gasteiger partial charge on any atom is 0.309 e. The monoisotopic (exact) mass is 592 g/mol. The van der Waals surface area contributed by atoms with Crippen molar-refractivity contribution >= 4 is 23.8 Å². The lowest BCUT2D eigenvalue weighted by atomic mass is 9.95. The molecule has 43 heavy (non-hydrogen) atoms. The van der Waals surface area contributed by atoms with Crippen molar-refractivity contribution in [2.75, 3.05) is 13.2 Å². The van der Waals surface area contributed by atoms with E-state index < -0.39 is 41.5 Å². The Kier molecular flexibility index (Phi) is 12.9. The first-order valence-corrected chi connectivity index (χ1v) is 14.8. The van der Waals surface area contributed by atoms with Crippen LogP contribution in [0, 0.1) is 11.8 Å². The summed E-state index contributed by atoms with van der Waals surface area (Å²) in [5.41, 5.74) is 1.24. The van der Waals surface area contributed by atoms with Crippen molar-refractivity contribution in [2.45, 2.75) is 77.0 Å². The summed E-state index contributed by atoms with van der Waals surface area (Å²) < 4.78 is 11.1. The smallest absolute Gasteiger partial charge is 0.309 e. The highest BCUT2D eigenvalue weighted by molar-refractivity contribution is 5.86. The van der Waals surface area contributed by atoms with Crippen molar-refractivity contribution in [1.29, 1.82) is 0 Å². The largest absolute Gasteiger partial charge is 0.463 e. The number of cyclic esters (lactones) is 1. The molecule has 3 N–H and O–H groups in total. The zero-order valence-corrected chi connectivity index (χ0v) is 25.3. The minimum Gasteiger partial charge on any atom is -0.463 e. The van der Waals surface area contributed by atoms with Crippen LogP contribution in [0.4, 0.5) is 0 Å². The molecule has 0 bridgehead atoms. The number of benzene rings is 2. The molecule has 1 aliphatic heterocycles. The lowest BCUT2D eigenvalue weighted by molar-refractivity contribution is -0.161. The predicted molar refractivity (Wildman–Crippen MR) is 163 cm³/mol. The quantitative estimate of drug-likeness (QED) is 0.283.